The van der Waals surface area contributed by atoms with Gasteiger partial charge in [0.15, 0.2) is 11.5 Å². The van der Waals surface area contributed by atoms with Gasteiger partial charge in [-0.2, -0.15) is 0 Å². The van der Waals surface area contributed by atoms with Gasteiger partial charge >= 0.3 is 0 Å². The molecule has 1 aliphatic carbocycles. The Labute approximate surface area is 118 Å². The number of fused-ring (bicyclic) bond motifs is 2. The molecule has 4 nitrogen and oxygen atoms in total. The fourth-order valence-corrected chi connectivity index (χ4v) is 2.70. The predicted molar refractivity (Wildman–Crippen MR) is 78.9 cm³/mol. The van der Waals surface area contributed by atoms with Gasteiger partial charge in [-0.25, -0.2) is 0 Å². The summed E-state index contributed by atoms with van der Waals surface area (Å²) in [4.78, 5) is 4.81. The average molecular weight is 270 g/mol. The molecule has 0 bridgehead atoms. The normalized spacial score (nSPS) is 17.9. The third kappa shape index (κ3) is 1.96. The lowest BCUT2D eigenvalue weighted by atomic mass is 10.1. The third-order valence-electron chi connectivity index (χ3n) is 3.96. The number of nitrogens with one attached hydrogen (secondary N) is 1. The van der Waals surface area contributed by atoms with Gasteiger partial charge in [0.25, 0.3) is 0 Å². The summed E-state index contributed by atoms with van der Waals surface area (Å²) in [6, 6.07) is 6.23. The van der Waals surface area contributed by atoms with Crippen molar-refractivity contribution in [3.63, 3.8) is 0 Å². The number of rotatable bonds is 2. The van der Waals surface area contributed by atoms with Gasteiger partial charge in [-0.15, -0.1) is 0 Å². The van der Waals surface area contributed by atoms with Gasteiger partial charge < -0.3 is 14.8 Å². The number of aromatic nitrogens is 1. The molecule has 1 saturated carbocycles. The van der Waals surface area contributed by atoms with Crippen LogP contribution in [0.15, 0.2) is 18.2 Å². The summed E-state index contributed by atoms with van der Waals surface area (Å²) in [6.45, 7) is 1.42. The van der Waals surface area contributed by atoms with Crippen LogP contribution in [0.4, 0.5) is 5.69 Å². The summed E-state index contributed by atoms with van der Waals surface area (Å²) in [5.74, 6) is 2.28. The van der Waals surface area contributed by atoms with E-state index in [-0.39, 0.29) is 0 Å². The molecule has 1 N–H and O–H groups in total. The molecule has 4 rings (SSSR count). The Morgan fingerprint density at radius 1 is 1.10 bits per heavy atom. The summed E-state index contributed by atoms with van der Waals surface area (Å²) < 4.78 is 11.5. The van der Waals surface area contributed by atoms with Crippen molar-refractivity contribution in [1.82, 2.24) is 4.98 Å². The molecule has 20 heavy (non-hydrogen) atoms. The molecular weight excluding hydrogens is 252 g/mol. The summed E-state index contributed by atoms with van der Waals surface area (Å²) in [5, 5.41) is 4.38. The summed E-state index contributed by atoms with van der Waals surface area (Å²) in [7, 11) is 1.95. The Hall–Kier alpha value is -1.97. The first-order valence-electron chi connectivity index (χ1n) is 7.27. The van der Waals surface area contributed by atoms with Gasteiger partial charge in [-0.05, 0) is 25.0 Å². The SMILES string of the molecule is CNc1cc(C2CC2)nc2cc3c(cc12)OCCCO3. The number of benzene rings is 1. The first kappa shape index (κ1) is 11.8. The van der Waals surface area contributed by atoms with Crippen molar-refractivity contribution >= 4 is 16.6 Å². The largest absolute Gasteiger partial charge is 0.490 e. The van der Waals surface area contributed by atoms with Crippen LogP contribution in [-0.2, 0) is 0 Å². The molecule has 1 aliphatic heterocycles. The average Bonchev–Trinajstić information content (AvgIpc) is 3.30. The molecule has 1 aromatic carbocycles. The van der Waals surface area contributed by atoms with Crippen molar-refractivity contribution in [2.75, 3.05) is 25.6 Å². The molecule has 0 spiro atoms. The molecule has 0 saturated heterocycles. The smallest absolute Gasteiger partial charge is 0.163 e. The molecule has 1 fully saturated rings. The van der Waals surface area contributed by atoms with Crippen LogP contribution in [0.2, 0.25) is 0 Å². The number of nitrogens with zero attached hydrogens (tertiary/aromatic N) is 1. The van der Waals surface area contributed by atoms with E-state index in [1.807, 2.05) is 19.2 Å². The minimum Gasteiger partial charge on any atom is -0.490 e. The Morgan fingerprint density at radius 2 is 1.85 bits per heavy atom. The standard InChI is InChI=1S/C16H18N2O2/c1-17-13-8-12(10-3-4-10)18-14-9-16-15(7-11(13)14)19-5-2-6-20-16/h7-10H,2-6H2,1H3,(H,17,18). The lowest BCUT2D eigenvalue weighted by Gasteiger charge is -2.13. The predicted octanol–water partition coefficient (Wildman–Crippen LogP) is 3.32. The van der Waals surface area contributed by atoms with Crippen molar-refractivity contribution in [2.24, 2.45) is 0 Å². The molecule has 104 valence electrons. The van der Waals surface area contributed by atoms with Gasteiger partial charge in [0, 0.05) is 42.2 Å². The lowest BCUT2D eigenvalue weighted by molar-refractivity contribution is 0.297. The van der Waals surface area contributed by atoms with E-state index < -0.39 is 0 Å². The fraction of sp³-hybridized carbons (Fsp3) is 0.438. The second-order valence-electron chi connectivity index (χ2n) is 5.49. The maximum atomic E-state index is 5.77. The van der Waals surface area contributed by atoms with E-state index in [0.29, 0.717) is 19.1 Å². The van der Waals surface area contributed by atoms with Gasteiger partial charge in [0.05, 0.1) is 18.7 Å². The summed E-state index contributed by atoms with van der Waals surface area (Å²) >= 11 is 0. The quantitative estimate of drug-likeness (QED) is 0.909. The van der Waals surface area contributed by atoms with E-state index in [4.69, 9.17) is 14.5 Å². The zero-order valence-corrected chi connectivity index (χ0v) is 11.6. The summed E-state index contributed by atoms with van der Waals surface area (Å²) in [6.07, 6.45) is 3.43. The van der Waals surface area contributed by atoms with Crippen LogP contribution in [0.1, 0.15) is 30.9 Å². The van der Waals surface area contributed by atoms with E-state index in [0.717, 1.165) is 34.5 Å². The number of anilines is 1. The molecule has 0 amide bonds. The van der Waals surface area contributed by atoms with Gasteiger partial charge in [0.1, 0.15) is 0 Å². The van der Waals surface area contributed by atoms with Crippen LogP contribution >= 0.6 is 0 Å². The molecule has 0 unspecified atom stereocenters. The highest BCUT2D eigenvalue weighted by Gasteiger charge is 2.26. The molecule has 0 atom stereocenters. The van der Waals surface area contributed by atoms with Crippen LogP contribution < -0.4 is 14.8 Å². The van der Waals surface area contributed by atoms with Crippen molar-refractivity contribution < 1.29 is 9.47 Å². The number of pyridine rings is 1. The first-order valence-corrected chi connectivity index (χ1v) is 7.27. The monoisotopic (exact) mass is 270 g/mol. The molecular formula is C16H18N2O2. The van der Waals surface area contributed by atoms with Crippen molar-refractivity contribution in [3.05, 3.63) is 23.9 Å². The highest BCUT2D eigenvalue weighted by atomic mass is 16.5. The van der Waals surface area contributed by atoms with E-state index >= 15 is 0 Å². The van der Waals surface area contributed by atoms with E-state index in [1.54, 1.807) is 0 Å². The van der Waals surface area contributed by atoms with E-state index in [1.165, 1.54) is 18.5 Å². The van der Waals surface area contributed by atoms with Crippen molar-refractivity contribution in [2.45, 2.75) is 25.2 Å². The van der Waals surface area contributed by atoms with E-state index in [2.05, 4.69) is 11.4 Å². The fourth-order valence-electron chi connectivity index (χ4n) is 2.70. The molecule has 1 aromatic heterocycles. The van der Waals surface area contributed by atoms with Gasteiger partial charge in [-0.3, -0.25) is 4.98 Å². The Kier molecular flexibility index (Phi) is 2.69. The number of ether oxygens (including phenoxy) is 2. The Balaban J connectivity index is 1.91. The second-order valence-corrected chi connectivity index (χ2v) is 5.49. The zero-order valence-electron chi connectivity index (χ0n) is 11.6. The molecule has 2 aliphatic rings. The van der Waals surface area contributed by atoms with E-state index in [9.17, 15) is 0 Å². The highest BCUT2D eigenvalue weighted by Crippen LogP contribution is 2.42. The minimum atomic E-state index is 0.641. The maximum absolute atomic E-state index is 5.77. The van der Waals surface area contributed by atoms with Gasteiger partial charge in [-0.1, -0.05) is 0 Å². The molecule has 0 radical (unpaired) electrons. The van der Waals surface area contributed by atoms with Crippen molar-refractivity contribution in [1.29, 1.82) is 0 Å². The Bertz CT molecular complexity index is 665. The molecule has 4 heteroatoms. The lowest BCUT2D eigenvalue weighted by Crippen LogP contribution is -1.97. The molecule has 2 aromatic rings. The van der Waals surface area contributed by atoms with Crippen LogP contribution in [0.25, 0.3) is 10.9 Å². The number of hydrogen-bond acceptors (Lipinski definition) is 4. The highest BCUT2D eigenvalue weighted by molar-refractivity contribution is 5.94. The first-order chi connectivity index (χ1) is 9.85. The van der Waals surface area contributed by atoms with Gasteiger partial charge in [0.2, 0.25) is 0 Å². The molecule has 2 heterocycles. The third-order valence-corrected chi connectivity index (χ3v) is 3.96. The summed E-state index contributed by atoms with van der Waals surface area (Å²) in [5.41, 5.74) is 3.30. The van der Waals surface area contributed by atoms with Crippen LogP contribution in [0.5, 0.6) is 11.5 Å². The number of hydrogen-bond donors (Lipinski definition) is 1. The van der Waals surface area contributed by atoms with Crippen LogP contribution in [-0.4, -0.2) is 25.2 Å². The zero-order chi connectivity index (χ0) is 13.5. The topological polar surface area (TPSA) is 43.4 Å². The minimum absolute atomic E-state index is 0.641. The maximum Gasteiger partial charge on any atom is 0.163 e. The van der Waals surface area contributed by atoms with Crippen LogP contribution in [0.3, 0.4) is 0 Å². The van der Waals surface area contributed by atoms with Crippen LogP contribution in [0, 0.1) is 0 Å². The Morgan fingerprint density at radius 3 is 2.55 bits per heavy atom. The second kappa shape index (κ2) is 4.54. The van der Waals surface area contributed by atoms with Crippen molar-refractivity contribution in [3.8, 4) is 11.5 Å².